The molecule has 0 aliphatic rings. The van der Waals surface area contributed by atoms with Crippen LogP contribution in [0.5, 0.6) is 0 Å². The first kappa shape index (κ1) is 13.0. The van der Waals surface area contributed by atoms with Crippen LogP contribution in [0.2, 0.25) is 0 Å². The molecule has 0 radical (unpaired) electrons. The van der Waals surface area contributed by atoms with E-state index >= 15 is 0 Å². The second-order valence-electron chi connectivity index (χ2n) is 4.36. The number of nitriles is 1. The molecule has 0 aliphatic heterocycles. The normalized spacial score (nSPS) is 10.5. The monoisotopic (exact) mass is 231 g/mol. The summed E-state index contributed by atoms with van der Waals surface area (Å²) >= 11 is 0. The summed E-state index contributed by atoms with van der Waals surface area (Å²) in [6.07, 6.45) is 6.02. The van der Waals surface area contributed by atoms with E-state index in [1.165, 1.54) is 4.90 Å². The third-order valence-electron chi connectivity index (χ3n) is 2.57. The molecule has 1 rings (SSSR count). The van der Waals surface area contributed by atoms with Gasteiger partial charge in [-0.25, -0.2) is 4.90 Å². The maximum Gasteiger partial charge on any atom is 0.209 e. The van der Waals surface area contributed by atoms with Crippen LogP contribution in [0, 0.1) is 16.9 Å². The molecule has 5 nitrogen and oxygen atoms in total. The van der Waals surface area contributed by atoms with E-state index in [-0.39, 0.29) is 11.5 Å². The first-order chi connectivity index (χ1) is 8.00. The highest BCUT2D eigenvalue weighted by atomic mass is 15.3. The molecule has 1 aromatic heterocycles. The molecule has 0 saturated heterocycles. The quantitative estimate of drug-likeness (QED) is 0.361. The number of aromatic nitrogens is 1. The van der Waals surface area contributed by atoms with Crippen molar-refractivity contribution in [1.29, 1.82) is 10.7 Å². The number of nitrogens with one attached hydrogen (secondary N) is 2. The fourth-order valence-corrected chi connectivity index (χ4v) is 1.19. The zero-order valence-corrected chi connectivity index (χ0v) is 10.4. The first-order valence-corrected chi connectivity index (χ1v) is 5.47. The fraction of sp³-hybridized carbons (Fsp3) is 0.417. The van der Waals surface area contributed by atoms with Gasteiger partial charge in [0.05, 0.1) is 11.9 Å². The Balaban J connectivity index is 2.84. The van der Waals surface area contributed by atoms with Crippen LogP contribution in [-0.4, -0.2) is 16.5 Å². The minimum Gasteiger partial charge on any atom is -0.350 e. The summed E-state index contributed by atoms with van der Waals surface area (Å²) in [7, 11) is 0. The van der Waals surface area contributed by atoms with Gasteiger partial charge in [0.1, 0.15) is 0 Å². The molecule has 0 aromatic carbocycles. The largest absolute Gasteiger partial charge is 0.350 e. The summed E-state index contributed by atoms with van der Waals surface area (Å²) in [5, 5.41) is 20.0. The van der Waals surface area contributed by atoms with Crippen molar-refractivity contribution >= 4 is 11.6 Å². The fourth-order valence-electron chi connectivity index (χ4n) is 1.19. The number of anilines is 1. The molecule has 17 heavy (non-hydrogen) atoms. The van der Waals surface area contributed by atoms with Gasteiger partial charge in [-0.05, 0) is 32.4 Å². The Morgan fingerprint density at radius 2 is 2.35 bits per heavy atom. The summed E-state index contributed by atoms with van der Waals surface area (Å²) in [5.41, 5.74) is 0.369. The molecule has 0 amide bonds. The average Bonchev–Trinajstić information content (AvgIpc) is 2.31. The highest BCUT2D eigenvalue weighted by molar-refractivity contribution is 5.96. The molecule has 2 N–H and O–H groups in total. The van der Waals surface area contributed by atoms with E-state index in [0.717, 1.165) is 6.42 Å². The van der Waals surface area contributed by atoms with Crippen molar-refractivity contribution in [3.05, 3.63) is 24.5 Å². The minimum atomic E-state index is -0.214. The Morgan fingerprint density at radius 3 is 2.82 bits per heavy atom. The molecular formula is C12H17N5. The van der Waals surface area contributed by atoms with Crippen LogP contribution in [0.4, 0.5) is 5.69 Å². The Labute approximate surface area is 102 Å². The molecule has 0 aliphatic carbocycles. The third kappa shape index (κ3) is 3.45. The lowest BCUT2D eigenvalue weighted by Crippen LogP contribution is -2.49. The molecule has 0 fully saturated rings. The molecule has 0 saturated carbocycles. The van der Waals surface area contributed by atoms with E-state index in [1.54, 1.807) is 24.5 Å². The van der Waals surface area contributed by atoms with Gasteiger partial charge in [-0.3, -0.25) is 10.4 Å². The van der Waals surface area contributed by atoms with Gasteiger partial charge >= 0.3 is 0 Å². The lowest BCUT2D eigenvalue weighted by molar-refractivity contribution is 0.442. The van der Waals surface area contributed by atoms with E-state index in [2.05, 4.69) is 10.3 Å². The lowest BCUT2D eigenvalue weighted by Gasteiger charge is -2.28. The Bertz CT molecular complexity index is 418. The lowest BCUT2D eigenvalue weighted by atomic mass is 10.0. The minimum absolute atomic E-state index is 0.0624. The summed E-state index contributed by atoms with van der Waals surface area (Å²) in [6, 6.07) is 3.48. The van der Waals surface area contributed by atoms with E-state index < -0.39 is 0 Å². The maximum absolute atomic E-state index is 9.09. The van der Waals surface area contributed by atoms with Crippen LogP contribution in [0.25, 0.3) is 0 Å². The standard InChI is InChI=1S/C12H17N5/c1-4-12(2,3)16-11(14)17(9-13)10-6-5-7-15-8-10/h5-8H,4H2,1-3H3,(H2,14,16). The van der Waals surface area contributed by atoms with Gasteiger partial charge in [0.15, 0.2) is 6.19 Å². The van der Waals surface area contributed by atoms with Crippen molar-refractivity contribution in [3.63, 3.8) is 0 Å². The number of hydrogen-bond donors (Lipinski definition) is 2. The topological polar surface area (TPSA) is 75.8 Å². The molecule has 0 spiro atoms. The molecule has 1 heterocycles. The summed E-state index contributed by atoms with van der Waals surface area (Å²) in [4.78, 5) is 5.15. The first-order valence-electron chi connectivity index (χ1n) is 5.47. The number of hydrogen-bond acceptors (Lipinski definition) is 3. The van der Waals surface area contributed by atoms with Gasteiger partial charge in [0.2, 0.25) is 5.96 Å². The maximum atomic E-state index is 9.09. The average molecular weight is 231 g/mol. The van der Waals surface area contributed by atoms with Crippen molar-refractivity contribution in [3.8, 4) is 6.19 Å². The number of guanidine groups is 1. The van der Waals surface area contributed by atoms with E-state index in [0.29, 0.717) is 5.69 Å². The Morgan fingerprint density at radius 1 is 1.65 bits per heavy atom. The van der Waals surface area contributed by atoms with Crippen LogP contribution in [0.3, 0.4) is 0 Å². The van der Waals surface area contributed by atoms with Gasteiger partial charge in [0, 0.05) is 11.7 Å². The van der Waals surface area contributed by atoms with Gasteiger partial charge < -0.3 is 5.32 Å². The predicted molar refractivity (Wildman–Crippen MR) is 67.6 cm³/mol. The molecule has 0 unspecified atom stereocenters. The van der Waals surface area contributed by atoms with Crippen molar-refractivity contribution in [2.24, 2.45) is 0 Å². The van der Waals surface area contributed by atoms with Crippen LogP contribution >= 0.6 is 0 Å². The Kier molecular flexibility index (Phi) is 4.05. The molecule has 1 aromatic rings. The Hall–Kier alpha value is -2.09. The molecule has 5 heteroatoms. The highest BCUT2D eigenvalue weighted by Gasteiger charge is 2.20. The van der Waals surface area contributed by atoms with Gasteiger partial charge in [0.25, 0.3) is 0 Å². The zero-order chi connectivity index (χ0) is 12.9. The van der Waals surface area contributed by atoms with Crippen molar-refractivity contribution < 1.29 is 0 Å². The number of pyridine rings is 1. The SMILES string of the molecule is CCC(C)(C)NC(=N)N(C#N)c1cccnc1. The summed E-state index contributed by atoms with van der Waals surface area (Å²) in [6.45, 7) is 6.00. The number of nitrogens with zero attached hydrogens (tertiary/aromatic N) is 3. The molecule has 90 valence electrons. The summed E-state index contributed by atoms with van der Waals surface area (Å²) < 4.78 is 0. The van der Waals surface area contributed by atoms with Crippen LogP contribution < -0.4 is 10.2 Å². The van der Waals surface area contributed by atoms with Gasteiger partial charge in [-0.2, -0.15) is 5.26 Å². The third-order valence-corrected chi connectivity index (χ3v) is 2.57. The summed E-state index contributed by atoms with van der Waals surface area (Å²) in [5.74, 6) is 0.0624. The highest BCUT2D eigenvalue weighted by Crippen LogP contribution is 2.13. The smallest absolute Gasteiger partial charge is 0.209 e. The van der Waals surface area contributed by atoms with Crippen LogP contribution in [0.15, 0.2) is 24.5 Å². The van der Waals surface area contributed by atoms with Crippen molar-refractivity contribution in [1.82, 2.24) is 10.3 Å². The molecular weight excluding hydrogens is 214 g/mol. The molecule has 0 atom stereocenters. The van der Waals surface area contributed by atoms with Crippen LogP contribution in [0.1, 0.15) is 27.2 Å². The number of rotatable bonds is 3. The van der Waals surface area contributed by atoms with Crippen molar-refractivity contribution in [2.75, 3.05) is 4.90 Å². The predicted octanol–water partition coefficient (Wildman–Crippen LogP) is 2.08. The van der Waals surface area contributed by atoms with Crippen molar-refractivity contribution in [2.45, 2.75) is 32.7 Å². The van der Waals surface area contributed by atoms with E-state index in [4.69, 9.17) is 10.7 Å². The second-order valence-corrected chi connectivity index (χ2v) is 4.36. The van der Waals surface area contributed by atoms with E-state index in [9.17, 15) is 0 Å². The van der Waals surface area contributed by atoms with Gasteiger partial charge in [-0.15, -0.1) is 0 Å². The zero-order valence-electron chi connectivity index (χ0n) is 10.4. The molecule has 0 bridgehead atoms. The van der Waals surface area contributed by atoms with Crippen LogP contribution in [-0.2, 0) is 0 Å². The second kappa shape index (κ2) is 5.30. The van der Waals surface area contributed by atoms with E-state index in [1.807, 2.05) is 27.0 Å². The van der Waals surface area contributed by atoms with Gasteiger partial charge in [-0.1, -0.05) is 6.92 Å².